The lowest BCUT2D eigenvalue weighted by molar-refractivity contribution is -0.138. The van der Waals surface area contributed by atoms with Crippen molar-refractivity contribution < 1.29 is 31.5 Å². The van der Waals surface area contributed by atoms with Crippen molar-refractivity contribution in [1.82, 2.24) is 4.57 Å². The molecule has 0 aliphatic carbocycles. The highest BCUT2D eigenvalue weighted by molar-refractivity contribution is 7.95. The zero-order valence-corrected chi connectivity index (χ0v) is 16.9. The monoisotopic (exact) mass is 455 g/mol. The van der Waals surface area contributed by atoms with E-state index in [0.717, 1.165) is 17.5 Å². The molecular formula is C20H13ClF3NO4S. The van der Waals surface area contributed by atoms with E-state index in [9.17, 15) is 31.5 Å². The molecule has 1 aromatic heterocycles. The van der Waals surface area contributed by atoms with Crippen molar-refractivity contribution in [3.8, 4) is 0 Å². The van der Waals surface area contributed by atoms with Crippen LogP contribution in [0, 0.1) is 6.92 Å². The number of carboxylic acids is 1. The van der Waals surface area contributed by atoms with E-state index in [0.29, 0.717) is 33.2 Å². The summed E-state index contributed by atoms with van der Waals surface area (Å²) in [7, 11) is -4.12. The molecule has 0 saturated heterocycles. The van der Waals surface area contributed by atoms with E-state index < -0.39 is 32.4 Å². The maximum absolute atomic E-state index is 13.1. The number of fused-ring (bicyclic) bond motifs is 2. The second-order valence-electron chi connectivity index (χ2n) is 6.89. The van der Waals surface area contributed by atoms with Gasteiger partial charge in [-0.3, -0.25) is 4.79 Å². The van der Waals surface area contributed by atoms with E-state index in [1.165, 1.54) is 4.57 Å². The Morgan fingerprint density at radius 2 is 1.87 bits per heavy atom. The summed E-state index contributed by atoms with van der Waals surface area (Å²) < 4.78 is 66.0. The lowest BCUT2D eigenvalue weighted by Gasteiger charge is -2.10. The average Bonchev–Trinajstić information content (AvgIpc) is 3.04. The maximum atomic E-state index is 13.1. The first-order valence-electron chi connectivity index (χ1n) is 8.59. The summed E-state index contributed by atoms with van der Waals surface area (Å²) in [6, 6.07) is 7.34. The summed E-state index contributed by atoms with van der Waals surface area (Å²) in [5, 5.41) is 11.0. The highest BCUT2D eigenvalue weighted by Crippen LogP contribution is 2.44. The van der Waals surface area contributed by atoms with Crippen LogP contribution in [0.15, 0.2) is 46.7 Å². The normalized spacial score (nSPS) is 15.3. The number of hydrogen-bond acceptors (Lipinski definition) is 3. The van der Waals surface area contributed by atoms with Gasteiger partial charge in [0.05, 0.1) is 10.5 Å². The lowest BCUT2D eigenvalue weighted by atomic mass is 9.96. The minimum absolute atomic E-state index is 0.125. The number of nitrogens with zero attached hydrogens (tertiary/aromatic N) is 1. The van der Waals surface area contributed by atoms with Crippen molar-refractivity contribution in [2.75, 3.05) is 0 Å². The van der Waals surface area contributed by atoms with E-state index in [-0.39, 0.29) is 17.7 Å². The van der Waals surface area contributed by atoms with Gasteiger partial charge in [0.1, 0.15) is 6.54 Å². The van der Waals surface area contributed by atoms with Crippen molar-refractivity contribution in [3.63, 3.8) is 0 Å². The largest absolute Gasteiger partial charge is 0.480 e. The second kappa shape index (κ2) is 6.61. The van der Waals surface area contributed by atoms with Crippen LogP contribution >= 0.6 is 11.6 Å². The number of halogens is 4. The Morgan fingerprint density at radius 3 is 2.50 bits per heavy atom. The summed E-state index contributed by atoms with van der Waals surface area (Å²) in [4.78, 5) is 10.9. The topological polar surface area (TPSA) is 76.4 Å². The van der Waals surface area contributed by atoms with Crippen LogP contribution in [0.5, 0.6) is 0 Å². The van der Waals surface area contributed by atoms with Gasteiger partial charge in [0.2, 0.25) is 9.84 Å². The zero-order valence-electron chi connectivity index (χ0n) is 15.3. The molecule has 4 rings (SSSR count). The molecule has 1 aliphatic rings. The maximum Gasteiger partial charge on any atom is 0.416 e. The standard InChI is InChI=1S/C20H13ClF3NO4S/c1-10-19(14-7-12(21)3-5-16(14)25(10)8-18(26)27)15-9-30(28,29)17-6-11(20(22,23)24)2-4-13(15)17/h2-7,9H,8H2,1H3,(H,26,27). The van der Waals surface area contributed by atoms with Crippen molar-refractivity contribution in [1.29, 1.82) is 0 Å². The smallest absolute Gasteiger partial charge is 0.416 e. The van der Waals surface area contributed by atoms with E-state index in [1.807, 2.05) is 0 Å². The van der Waals surface area contributed by atoms with Crippen LogP contribution in [0.4, 0.5) is 13.2 Å². The molecule has 0 radical (unpaired) electrons. The Labute approximate surface area is 173 Å². The van der Waals surface area contributed by atoms with Gasteiger partial charge in [0.15, 0.2) is 0 Å². The van der Waals surface area contributed by atoms with E-state index in [4.69, 9.17) is 11.6 Å². The Morgan fingerprint density at radius 1 is 1.17 bits per heavy atom. The number of carboxylic acid groups (broad SMARTS) is 1. The molecule has 0 unspecified atom stereocenters. The number of carbonyl (C=O) groups is 1. The van der Waals surface area contributed by atoms with Crippen LogP contribution in [0.3, 0.4) is 0 Å². The fourth-order valence-electron chi connectivity index (χ4n) is 3.77. The Hall–Kier alpha value is -2.78. The number of aliphatic carboxylic acids is 1. The van der Waals surface area contributed by atoms with Crippen LogP contribution in [0.25, 0.3) is 16.5 Å². The summed E-state index contributed by atoms with van der Waals surface area (Å²) in [5.74, 6) is -1.10. The van der Waals surface area contributed by atoms with Crippen LogP contribution in [0.1, 0.15) is 22.4 Å². The third-order valence-corrected chi connectivity index (χ3v) is 6.76. The molecule has 0 saturated carbocycles. The minimum atomic E-state index is -4.69. The van der Waals surface area contributed by atoms with Crippen LogP contribution in [0.2, 0.25) is 5.02 Å². The first kappa shape index (κ1) is 20.5. The molecule has 3 aromatic rings. The number of benzene rings is 2. The fraction of sp³-hybridized carbons (Fsp3) is 0.150. The summed E-state index contributed by atoms with van der Waals surface area (Å²) in [5.41, 5.74) is 0.660. The van der Waals surface area contributed by atoms with Gasteiger partial charge in [0.25, 0.3) is 0 Å². The molecule has 0 atom stereocenters. The van der Waals surface area contributed by atoms with Crippen molar-refractivity contribution in [3.05, 3.63) is 69.2 Å². The van der Waals surface area contributed by atoms with Gasteiger partial charge in [-0.1, -0.05) is 17.7 Å². The lowest BCUT2D eigenvalue weighted by Crippen LogP contribution is -2.10. The molecule has 0 amide bonds. The molecular weight excluding hydrogens is 443 g/mol. The third-order valence-electron chi connectivity index (χ3n) is 5.03. The predicted octanol–water partition coefficient (Wildman–Crippen LogP) is 4.88. The van der Waals surface area contributed by atoms with Gasteiger partial charge in [-0.15, -0.1) is 0 Å². The summed E-state index contributed by atoms with van der Waals surface area (Å²) in [6.45, 7) is 1.26. The molecule has 10 heteroatoms. The second-order valence-corrected chi connectivity index (χ2v) is 9.09. The molecule has 1 N–H and O–H groups in total. The molecule has 0 fully saturated rings. The van der Waals surface area contributed by atoms with Crippen molar-refractivity contribution in [2.24, 2.45) is 0 Å². The zero-order chi connectivity index (χ0) is 22.0. The van der Waals surface area contributed by atoms with Gasteiger partial charge in [-0.2, -0.15) is 13.2 Å². The summed E-state index contributed by atoms with van der Waals surface area (Å²) >= 11 is 6.10. The number of sulfone groups is 1. The molecule has 30 heavy (non-hydrogen) atoms. The highest BCUT2D eigenvalue weighted by Gasteiger charge is 2.36. The first-order valence-corrected chi connectivity index (χ1v) is 10.5. The minimum Gasteiger partial charge on any atom is -0.480 e. The Kier molecular flexibility index (Phi) is 4.52. The molecule has 1 aliphatic heterocycles. The Bertz CT molecular complexity index is 1370. The van der Waals surface area contributed by atoms with Crippen LogP contribution in [-0.4, -0.2) is 24.1 Å². The number of rotatable bonds is 3. The molecule has 0 bridgehead atoms. The van der Waals surface area contributed by atoms with Crippen LogP contribution in [-0.2, 0) is 27.4 Å². The van der Waals surface area contributed by atoms with Crippen molar-refractivity contribution in [2.45, 2.75) is 24.5 Å². The van der Waals surface area contributed by atoms with Crippen molar-refractivity contribution >= 4 is 43.9 Å². The van der Waals surface area contributed by atoms with Crippen LogP contribution < -0.4 is 0 Å². The van der Waals surface area contributed by atoms with E-state index in [1.54, 1.807) is 25.1 Å². The van der Waals surface area contributed by atoms with E-state index in [2.05, 4.69) is 0 Å². The molecule has 156 valence electrons. The third kappa shape index (κ3) is 3.18. The van der Waals surface area contributed by atoms with E-state index >= 15 is 0 Å². The molecule has 5 nitrogen and oxygen atoms in total. The first-order chi connectivity index (χ1) is 13.9. The molecule has 0 spiro atoms. The molecule has 2 heterocycles. The average molecular weight is 456 g/mol. The van der Waals surface area contributed by atoms with Gasteiger partial charge < -0.3 is 9.67 Å². The van der Waals surface area contributed by atoms with Gasteiger partial charge in [-0.25, -0.2) is 8.42 Å². The fourth-order valence-corrected chi connectivity index (χ4v) is 5.40. The Balaban J connectivity index is 2.03. The summed E-state index contributed by atoms with van der Waals surface area (Å²) in [6.07, 6.45) is -4.69. The predicted molar refractivity (Wildman–Crippen MR) is 105 cm³/mol. The molecule has 2 aromatic carbocycles. The van der Waals surface area contributed by atoms with Gasteiger partial charge in [0, 0.05) is 43.7 Å². The van der Waals surface area contributed by atoms with Gasteiger partial charge in [-0.05, 0) is 37.3 Å². The number of hydrogen-bond donors (Lipinski definition) is 1. The highest BCUT2D eigenvalue weighted by atomic mass is 35.5. The number of alkyl halides is 3. The quantitative estimate of drug-likeness (QED) is 0.610. The SMILES string of the molecule is Cc1c(C2=CS(=O)(=O)c3cc(C(F)(F)F)ccc32)c2cc(Cl)ccc2n1CC(=O)O. The van der Waals surface area contributed by atoms with Gasteiger partial charge >= 0.3 is 12.1 Å². The number of aromatic nitrogens is 1.